The Kier molecular flexibility index (Phi) is 5.40. The van der Waals surface area contributed by atoms with Crippen molar-refractivity contribution in [3.05, 3.63) is 59.7 Å². The summed E-state index contributed by atoms with van der Waals surface area (Å²) in [4.78, 5) is 22.0. The lowest BCUT2D eigenvalue weighted by Crippen LogP contribution is -2.26. The summed E-state index contributed by atoms with van der Waals surface area (Å²) >= 11 is 0. The van der Waals surface area contributed by atoms with E-state index in [4.69, 9.17) is 5.11 Å². The highest BCUT2D eigenvalue weighted by molar-refractivity contribution is 5.81. The number of carboxylic acid groups (broad SMARTS) is 2. The number of aliphatic carboxylic acids is 2. The summed E-state index contributed by atoms with van der Waals surface area (Å²) < 4.78 is 0. The summed E-state index contributed by atoms with van der Waals surface area (Å²) in [5.41, 5.74) is 4.51. The van der Waals surface area contributed by atoms with Crippen molar-refractivity contribution in [1.29, 1.82) is 0 Å². The lowest BCUT2D eigenvalue weighted by molar-refractivity contribution is -0.138. The zero-order valence-corrected chi connectivity index (χ0v) is 14.8. The molecule has 0 unspecified atom stereocenters. The molecule has 0 atom stereocenters. The monoisotopic (exact) mass is 352 g/mol. The minimum atomic E-state index is -0.780. The molecule has 2 aromatic rings. The van der Waals surface area contributed by atoms with Gasteiger partial charge < -0.3 is 10.2 Å². The Labute approximate surface area is 153 Å². The molecule has 2 N–H and O–H groups in total. The zero-order valence-electron chi connectivity index (χ0n) is 14.8. The van der Waals surface area contributed by atoms with Crippen molar-refractivity contribution in [1.82, 2.24) is 0 Å². The van der Waals surface area contributed by atoms with Gasteiger partial charge >= 0.3 is 11.9 Å². The molecule has 2 aromatic carbocycles. The van der Waals surface area contributed by atoms with Crippen LogP contribution in [0.3, 0.4) is 0 Å². The van der Waals surface area contributed by atoms with Gasteiger partial charge in [-0.05, 0) is 41.5 Å². The summed E-state index contributed by atoms with van der Waals surface area (Å²) in [5, 5.41) is 18.1. The molecule has 0 aromatic heterocycles. The fraction of sp³-hybridized carbons (Fsp3) is 0.364. The van der Waals surface area contributed by atoms with Crippen molar-refractivity contribution < 1.29 is 19.8 Å². The highest BCUT2D eigenvalue weighted by Gasteiger charge is 2.42. The van der Waals surface area contributed by atoms with Crippen LogP contribution in [0.2, 0.25) is 0 Å². The SMILES string of the molecule is O=C(O)CCCCCC1(CCC(=O)O)c2ccccc2-c2ccccc21. The van der Waals surface area contributed by atoms with Gasteiger partial charge in [-0.2, -0.15) is 0 Å². The fourth-order valence-corrected chi connectivity index (χ4v) is 4.28. The predicted molar refractivity (Wildman–Crippen MR) is 100 cm³/mol. The number of hydrogen-bond acceptors (Lipinski definition) is 2. The molecule has 0 amide bonds. The van der Waals surface area contributed by atoms with Crippen LogP contribution in [0.4, 0.5) is 0 Å². The van der Waals surface area contributed by atoms with Crippen LogP contribution in [0.15, 0.2) is 48.5 Å². The molecular formula is C22H24O4. The van der Waals surface area contributed by atoms with Crippen molar-refractivity contribution >= 4 is 11.9 Å². The normalized spacial score (nSPS) is 13.8. The molecule has 4 nitrogen and oxygen atoms in total. The second-order valence-corrected chi connectivity index (χ2v) is 7.02. The Morgan fingerprint density at radius 2 is 1.23 bits per heavy atom. The van der Waals surface area contributed by atoms with Crippen LogP contribution < -0.4 is 0 Å². The number of rotatable bonds is 9. The van der Waals surface area contributed by atoms with Gasteiger partial charge in [-0.1, -0.05) is 61.4 Å². The average molecular weight is 352 g/mol. The van der Waals surface area contributed by atoms with Gasteiger partial charge in [0.25, 0.3) is 0 Å². The van der Waals surface area contributed by atoms with Gasteiger partial charge in [0.15, 0.2) is 0 Å². The van der Waals surface area contributed by atoms with Crippen LogP contribution in [-0.4, -0.2) is 22.2 Å². The van der Waals surface area contributed by atoms with Gasteiger partial charge in [0.2, 0.25) is 0 Å². The molecule has 0 saturated carbocycles. The van der Waals surface area contributed by atoms with E-state index >= 15 is 0 Å². The molecule has 26 heavy (non-hydrogen) atoms. The van der Waals surface area contributed by atoms with E-state index < -0.39 is 11.9 Å². The van der Waals surface area contributed by atoms with Crippen molar-refractivity contribution in [3.63, 3.8) is 0 Å². The number of benzene rings is 2. The van der Waals surface area contributed by atoms with E-state index in [0.29, 0.717) is 12.8 Å². The lowest BCUT2D eigenvalue weighted by Gasteiger charge is -2.32. The molecule has 0 fully saturated rings. The summed E-state index contributed by atoms with van der Waals surface area (Å²) in [6, 6.07) is 16.5. The number of hydrogen-bond donors (Lipinski definition) is 2. The molecule has 0 aliphatic heterocycles. The molecule has 1 aliphatic carbocycles. The Bertz CT molecular complexity index is 764. The van der Waals surface area contributed by atoms with Gasteiger partial charge in [0, 0.05) is 18.3 Å². The first kappa shape index (κ1) is 18.2. The van der Waals surface area contributed by atoms with Crippen LogP contribution in [-0.2, 0) is 15.0 Å². The van der Waals surface area contributed by atoms with Crippen molar-refractivity contribution in [2.45, 2.75) is 50.4 Å². The molecular weight excluding hydrogens is 328 g/mol. The van der Waals surface area contributed by atoms with Gasteiger partial charge in [-0.25, -0.2) is 0 Å². The molecule has 0 bridgehead atoms. The number of carboxylic acids is 2. The third-order valence-corrected chi connectivity index (χ3v) is 5.44. The molecule has 3 rings (SSSR count). The van der Waals surface area contributed by atoms with Crippen LogP contribution >= 0.6 is 0 Å². The average Bonchev–Trinajstić information content (AvgIpc) is 2.91. The van der Waals surface area contributed by atoms with Crippen molar-refractivity contribution in [2.75, 3.05) is 0 Å². The van der Waals surface area contributed by atoms with Crippen molar-refractivity contribution in [3.8, 4) is 11.1 Å². The zero-order chi connectivity index (χ0) is 18.6. The fourth-order valence-electron chi connectivity index (χ4n) is 4.28. The maximum atomic E-state index is 11.3. The highest BCUT2D eigenvalue weighted by atomic mass is 16.4. The summed E-state index contributed by atoms with van der Waals surface area (Å²) in [6.07, 6.45) is 4.10. The van der Waals surface area contributed by atoms with E-state index in [1.165, 1.54) is 22.3 Å². The summed E-state index contributed by atoms with van der Waals surface area (Å²) in [5.74, 6) is -1.54. The van der Waals surface area contributed by atoms with E-state index in [1.54, 1.807) is 0 Å². The maximum absolute atomic E-state index is 11.3. The van der Waals surface area contributed by atoms with E-state index in [0.717, 1.165) is 19.3 Å². The standard InChI is InChI=1S/C22H24O4/c23-20(24)12-2-1-7-14-22(15-13-21(25)26)18-10-5-3-8-16(18)17-9-4-6-11-19(17)22/h3-6,8-11H,1-2,7,12-15H2,(H,23,24)(H,25,26). The first-order valence-corrected chi connectivity index (χ1v) is 9.17. The highest BCUT2D eigenvalue weighted by Crippen LogP contribution is 2.53. The van der Waals surface area contributed by atoms with E-state index in [1.807, 2.05) is 24.3 Å². The van der Waals surface area contributed by atoms with Crippen LogP contribution in [0, 0.1) is 0 Å². The van der Waals surface area contributed by atoms with E-state index in [2.05, 4.69) is 24.3 Å². The minimum absolute atomic E-state index is 0.123. The number of unbranched alkanes of at least 4 members (excludes halogenated alkanes) is 2. The topological polar surface area (TPSA) is 74.6 Å². The third-order valence-electron chi connectivity index (χ3n) is 5.44. The van der Waals surface area contributed by atoms with Gasteiger partial charge in [0.05, 0.1) is 0 Å². The van der Waals surface area contributed by atoms with E-state index in [-0.39, 0.29) is 18.3 Å². The second kappa shape index (κ2) is 7.73. The largest absolute Gasteiger partial charge is 0.481 e. The van der Waals surface area contributed by atoms with Crippen LogP contribution in [0.5, 0.6) is 0 Å². The predicted octanol–water partition coefficient (Wildman–Crippen LogP) is 4.85. The van der Waals surface area contributed by atoms with Crippen LogP contribution in [0.1, 0.15) is 56.1 Å². The van der Waals surface area contributed by atoms with Crippen molar-refractivity contribution in [2.24, 2.45) is 0 Å². The first-order valence-electron chi connectivity index (χ1n) is 9.17. The number of carbonyl (C=O) groups is 2. The lowest BCUT2D eigenvalue weighted by atomic mass is 9.71. The first-order chi connectivity index (χ1) is 12.5. The molecule has 4 heteroatoms. The summed E-state index contributed by atoms with van der Waals surface area (Å²) in [7, 11) is 0. The third kappa shape index (κ3) is 3.50. The maximum Gasteiger partial charge on any atom is 0.303 e. The minimum Gasteiger partial charge on any atom is -0.481 e. The molecule has 0 saturated heterocycles. The smallest absolute Gasteiger partial charge is 0.303 e. The molecule has 1 aliphatic rings. The van der Waals surface area contributed by atoms with Crippen LogP contribution in [0.25, 0.3) is 11.1 Å². The molecule has 0 heterocycles. The number of fused-ring (bicyclic) bond motifs is 3. The molecule has 0 spiro atoms. The Balaban J connectivity index is 1.92. The molecule has 0 radical (unpaired) electrons. The summed E-state index contributed by atoms with van der Waals surface area (Å²) in [6.45, 7) is 0. The van der Waals surface area contributed by atoms with Gasteiger partial charge in [-0.15, -0.1) is 0 Å². The Hall–Kier alpha value is -2.62. The Morgan fingerprint density at radius 3 is 1.77 bits per heavy atom. The molecule has 136 valence electrons. The van der Waals surface area contributed by atoms with E-state index in [9.17, 15) is 14.7 Å². The second-order valence-electron chi connectivity index (χ2n) is 7.02. The van der Waals surface area contributed by atoms with Gasteiger partial charge in [-0.3, -0.25) is 9.59 Å². The van der Waals surface area contributed by atoms with Gasteiger partial charge in [0.1, 0.15) is 0 Å². The quantitative estimate of drug-likeness (QED) is 0.633. The Morgan fingerprint density at radius 1 is 0.692 bits per heavy atom.